The molecule has 4 atom stereocenters. The summed E-state index contributed by atoms with van der Waals surface area (Å²) in [6.45, 7) is 0.00644. The number of fused-ring (bicyclic) bond motifs is 4. The zero-order valence-electron chi connectivity index (χ0n) is 24.7. The fourth-order valence-corrected chi connectivity index (χ4v) is 8.07. The zero-order chi connectivity index (χ0) is 32.6. The van der Waals surface area contributed by atoms with E-state index in [9.17, 15) is 19.5 Å². The molecule has 4 aromatic carbocycles. The molecule has 1 aliphatic carbocycles. The van der Waals surface area contributed by atoms with Crippen LogP contribution in [0.2, 0.25) is 5.02 Å². The second kappa shape index (κ2) is 10.5. The van der Waals surface area contributed by atoms with Crippen molar-refractivity contribution in [1.82, 2.24) is 13.9 Å². The van der Waals surface area contributed by atoms with E-state index in [1.165, 1.54) is 33.6 Å². The molecule has 47 heavy (non-hydrogen) atoms. The quantitative estimate of drug-likeness (QED) is 0.216. The Hall–Kier alpha value is -5.48. The number of rotatable bonds is 4. The van der Waals surface area contributed by atoms with Gasteiger partial charge >= 0.3 is 11.4 Å². The van der Waals surface area contributed by atoms with Gasteiger partial charge < -0.3 is 5.11 Å². The molecule has 0 radical (unpaired) electrons. The van der Waals surface area contributed by atoms with Gasteiger partial charge in [-0.15, -0.1) is 0 Å². The van der Waals surface area contributed by atoms with Crippen molar-refractivity contribution in [3.05, 3.63) is 158 Å². The summed E-state index contributed by atoms with van der Waals surface area (Å²) in [7, 11) is 0. The molecule has 11 heteroatoms. The maximum Gasteiger partial charge on any atom is 0.352 e. The van der Waals surface area contributed by atoms with E-state index in [2.05, 4.69) is 0 Å². The molecule has 1 aromatic heterocycles. The van der Waals surface area contributed by atoms with Crippen molar-refractivity contribution in [3.8, 4) is 11.4 Å². The number of phenols is 1. The predicted molar refractivity (Wildman–Crippen MR) is 172 cm³/mol. The van der Waals surface area contributed by atoms with Crippen LogP contribution in [0.15, 0.2) is 124 Å². The van der Waals surface area contributed by atoms with Gasteiger partial charge in [0.25, 0.3) is 0 Å². The highest BCUT2D eigenvalue weighted by atomic mass is 35.5. The van der Waals surface area contributed by atoms with Crippen LogP contribution in [0.1, 0.15) is 29.5 Å². The number of halogens is 2. The van der Waals surface area contributed by atoms with Crippen molar-refractivity contribution < 1.29 is 19.1 Å². The summed E-state index contributed by atoms with van der Waals surface area (Å²) >= 11 is 6.32. The van der Waals surface area contributed by atoms with Gasteiger partial charge in [0.05, 0.1) is 35.3 Å². The van der Waals surface area contributed by atoms with Gasteiger partial charge in [-0.2, -0.15) is 0 Å². The Bertz CT molecular complexity index is 2260. The number of hydrogen-bond acceptors (Lipinski definition) is 5. The minimum Gasteiger partial charge on any atom is -0.505 e. The smallest absolute Gasteiger partial charge is 0.352 e. The third-order valence-electron chi connectivity index (χ3n) is 9.75. The molecule has 3 aliphatic rings. The van der Waals surface area contributed by atoms with Crippen molar-refractivity contribution >= 4 is 29.1 Å². The van der Waals surface area contributed by atoms with E-state index in [1.807, 2.05) is 0 Å². The van der Waals surface area contributed by atoms with Crippen molar-refractivity contribution in [3.63, 3.8) is 0 Å². The number of nitrogens with zero attached hydrogens (tertiary/aromatic N) is 4. The molecule has 0 unspecified atom stereocenters. The SMILES string of the molecule is O=C1[C@@H]2C[C@@H]3C(=CCn4c(=O)n(-c5ccccc5)c(=O)n43)[C@H](c3ccc(O)c(F)c3)[C@]2(c2ccccc2)C(=O)N1c1cccc(Cl)c1. The average Bonchev–Trinajstić information content (AvgIpc) is 3.47. The summed E-state index contributed by atoms with van der Waals surface area (Å²) in [5.41, 5.74) is -0.551. The summed E-state index contributed by atoms with van der Waals surface area (Å²) < 4.78 is 19.0. The predicted octanol–water partition coefficient (Wildman–Crippen LogP) is 5.10. The van der Waals surface area contributed by atoms with Crippen LogP contribution in [-0.4, -0.2) is 30.9 Å². The lowest BCUT2D eigenvalue weighted by molar-refractivity contribution is -0.124. The number of para-hydroxylation sites is 1. The number of aromatic hydroxyl groups is 1. The first-order valence-corrected chi connectivity index (χ1v) is 15.5. The Kier molecular flexibility index (Phi) is 6.49. The molecule has 2 amide bonds. The van der Waals surface area contributed by atoms with Crippen LogP contribution in [0, 0.1) is 11.7 Å². The van der Waals surface area contributed by atoms with E-state index in [4.69, 9.17) is 11.6 Å². The Balaban J connectivity index is 1.42. The molecule has 0 bridgehead atoms. The van der Waals surface area contributed by atoms with Crippen molar-refractivity contribution in [2.45, 2.75) is 30.3 Å². The molecule has 2 aliphatic heterocycles. The van der Waals surface area contributed by atoms with E-state index < -0.39 is 58.1 Å². The molecular formula is C36H26ClFN4O5. The number of allylic oxidation sites excluding steroid dienone is 2. The summed E-state index contributed by atoms with van der Waals surface area (Å²) in [4.78, 5) is 58.8. The number of phenolic OH excluding ortho intramolecular Hbond substituents is 1. The van der Waals surface area contributed by atoms with Gasteiger partial charge in [0, 0.05) is 10.9 Å². The number of hydrogen-bond donors (Lipinski definition) is 1. The van der Waals surface area contributed by atoms with Crippen molar-refractivity contribution in [2.24, 2.45) is 5.92 Å². The molecule has 0 spiro atoms. The first kappa shape index (κ1) is 29.0. The fraction of sp³-hybridized carbons (Fsp3) is 0.167. The monoisotopic (exact) mass is 648 g/mol. The van der Waals surface area contributed by atoms with Crippen LogP contribution in [0.4, 0.5) is 10.1 Å². The van der Waals surface area contributed by atoms with Gasteiger partial charge in [0.1, 0.15) is 0 Å². The molecule has 3 heterocycles. The molecule has 5 aromatic rings. The maximum absolute atomic E-state index is 15.2. The molecule has 1 saturated heterocycles. The largest absolute Gasteiger partial charge is 0.505 e. The van der Waals surface area contributed by atoms with E-state index in [0.29, 0.717) is 27.4 Å². The second-order valence-corrected chi connectivity index (χ2v) is 12.4. The van der Waals surface area contributed by atoms with Crippen molar-refractivity contribution in [2.75, 3.05) is 4.90 Å². The summed E-state index contributed by atoms with van der Waals surface area (Å²) in [5, 5.41) is 10.5. The van der Waals surface area contributed by atoms with Crippen molar-refractivity contribution in [1.29, 1.82) is 0 Å². The molecule has 8 rings (SSSR count). The van der Waals surface area contributed by atoms with Gasteiger partial charge in [-0.05, 0) is 65.6 Å². The van der Waals surface area contributed by atoms with Crippen LogP contribution in [0.5, 0.6) is 5.75 Å². The van der Waals surface area contributed by atoms with Crippen LogP contribution in [0.25, 0.3) is 5.69 Å². The van der Waals surface area contributed by atoms with Crippen LogP contribution in [0.3, 0.4) is 0 Å². The highest BCUT2D eigenvalue weighted by molar-refractivity contribution is 6.32. The Morgan fingerprint density at radius 2 is 1.51 bits per heavy atom. The number of carbonyl (C=O) groups is 2. The van der Waals surface area contributed by atoms with Gasteiger partial charge in [-0.3, -0.25) is 9.59 Å². The molecule has 1 N–H and O–H groups in total. The van der Waals surface area contributed by atoms with Crippen LogP contribution < -0.4 is 16.3 Å². The number of amides is 2. The number of aromatic nitrogens is 3. The molecular weight excluding hydrogens is 623 g/mol. The van der Waals surface area contributed by atoms with Gasteiger partial charge in [0.15, 0.2) is 11.6 Å². The average molecular weight is 649 g/mol. The second-order valence-electron chi connectivity index (χ2n) is 12.0. The lowest BCUT2D eigenvalue weighted by Crippen LogP contribution is -2.53. The lowest BCUT2D eigenvalue weighted by Gasteiger charge is -2.49. The minimum absolute atomic E-state index is 0.00644. The first-order chi connectivity index (χ1) is 22.7. The number of carbonyl (C=O) groups excluding carboxylic acids is 2. The minimum atomic E-state index is -1.57. The topological polar surface area (TPSA) is 107 Å². The third-order valence-corrected chi connectivity index (χ3v) is 9.98. The number of anilines is 1. The number of benzene rings is 4. The number of imide groups is 1. The normalized spacial score (nSPS) is 23.2. The lowest BCUT2D eigenvalue weighted by atomic mass is 9.53. The van der Waals surface area contributed by atoms with E-state index >= 15 is 9.18 Å². The first-order valence-electron chi connectivity index (χ1n) is 15.1. The molecule has 234 valence electrons. The molecule has 2 fully saturated rings. The Morgan fingerprint density at radius 3 is 2.21 bits per heavy atom. The van der Waals surface area contributed by atoms with E-state index in [0.717, 1.165) is 9.47 Å². The van der Waals surface area contributed by atoms with Gasteiger partial charge in [-0.1, -0.05) is 78.3 Å². The summed E-state index contributed by atoms with van der Waals surface area (Å²) in [6.07, 6.45) is 1.81. The van der Waals surface area contributed by atoms with Crippen LogP contribution >= 0.6 is 11.6 Å². The Labute approximate surface area is 272 Å². The van der Waals surface area contributed by atoms with Crippen LogP contribution in [-0.2, 0) is 21.5 Å². The third kappa shape index (κ3) is 4.01. The Morgan fingerprint density at radius 1 is 0.809 bits per heavy atom. The fourth-order valence-electron chi connectivity index (χ4n) is 7.88. The molecule has 1 saturated carbocycles. The van der Waals surface area contributed by atoms with Gasteiger partial charge in [-0.25, -0.2) is 32.8 Å². The summed E-state index contributed by atoms with van der Waals surface area (Å²) in [6, 6.07) is 27.0. The zero-order valence-corrected chi connectivity index (χ0v) is 25.4. The van der Waals surface area contributed by atoms with Gasteiger partial charge in [0.2, 0.25) is 11.8 Å². The standard InChI is InChI=1S/C36H26ClFN4O5/c37-23-10-7-13-25(19-23)40-32(44)27-20-29-26(16-17-39-34(46)41(35(47)42(29)39)24-11-5-2-6-12-24)31(21-14-15-30(43)28(38)18-21)36(27,33(40)45)22-8-3-1-4-9-22/h1-16,18-19,27,29,31,43H,17,20H2/t27-,29+,31-,36+/m0/s1. The maximum atomic E-state index is 15.2. The van der Waals surface area contributed by atoms with E-state index in [1.54, 1.807) is 84.9 Å². The van der Waals surface area contributed by atoms with E-state index in [-0.39, 0.29) is 18.7 Å². The highest BCUT2D eigenvalue weighted by Crippen LogP contribution is 2.62. The summed E-state index contributed by atoms with van der Waals surface area (Å²) in [5.74, 6) is -4.47. The molecule has 9 nitrogen and oxygen atoms in total. The highest BCUT2D eigenvalue weighted by Gasteiger charge is 2.68.